The van der Waals surface area contributed by atoms with Crippen molar-refractivity contribution in [1.82, 2.24) is 9.97 Å². The van der Waals surface area contributed by atoms with Gasteiger partial charge in [-0.25, -0.2) is 9.97 Å². The van der Waals surface area contributed by atoms with E-state index >= 15 is 0 Å². The molecule has 0 spiro atoms. The van der Waals surface area contributed by atoms with Gasteiger partial charge in [0.05, 0.1) is 5.69 Å². The number of hydrogen-bond donors (Lipinski definition) is 1. The van der Waals surface area contributed by atoms with Crippen LogP contribution in [0.3, 0.4) is 0 Å². The van der Waals surface area contributed by atoms with Gasteiger partial charge in [0.15, 0.2) is 0 Å². The highest BCUT2D eigenvalue weighted by molar-refractivity contribution is 5.66. The van der Waals surface area contributed by atoms with Crippen molar-refractivity contribution in [2.24, 2.45) is 0 Å². The fourth-order valence-corrected chi connectivity index (χ4v) is 3.06. The first-order chi connectivity index (χ1) is 14.3. The van der Waals surface area contributed by atoms with Crippen molar-refractivity contribution in [3.8, 4) is 17.0 Å². The third-order valence-corrected chi connectivity index (χ3v) is 4.67. The predicted octanol–water partition coefficient (Wildman–Crippen LogP) is 6.03. The number of aryl methyl sites for hydroxylation is 1. The average Bonchev–Trinajstić information content (AvgIpc) is 2.79. The highest BCUT2D eigenvalue weighted by Crippen LogP contribution is 2.24. The Morgan fingerprint density at radius 2 is 1.59 bits per heavy atom. The second kappa shape index (κ2) is 9.02. The summed E-state index contributed by atoms with van der Waals surface area (Å²) in [7, 11) is 0. The van der Waals surface area contributed by atoms with E-state index in [1.807, 2.05) is 54.6 Å². The number of nitrogens with one attached hydrogen (secondary N) is 1. The van der Waals surface area contributed by atoms with Crippen molar-refractivity contribution in [3.63, 3.8) is 0 Å². The van der Waals surface area contributed by atoms with Crippen LogP contribution in [0.25, 0.3) is 11.3 Å². The monoisotopic (exact) mass is 381 g/mol. The van der Waals surface area contributed by atoms with E-state index in [9.17, 15) is 0 Å². The average molecular weight is 381 g/mol. The van der Waals surface area contributed by atoms with Crippen LogP contribution in [0.5, 0.6) is 5.75 Å². The molecular weight excluding hydrogens is 358 g/mol. The third kappa shape index (κ3) is 4.99. The molecule has 3 aromatic carbocycles. The minimum atomic E-state index is 0.554. The van der Waals surface area contributed by atoms with Gasteiger partial charge in [0, 0.05) is 17.3 Å². The van der Waals surface area contributed by atoms with Crippen LogP contribution in [-0.2, 0) is 13.0 Å². The molecule has 0 aliphatic heterocycles. The van der Waals surface area contributed by atoms with Crippen LogP contribution in [-0.4, -0.2) is 9.97 Å². The fraction of sp³-hybridized carbons (Fsp3) is 0.120. The van der Waals surface area contributed by atoms with E-state index in [-0.39, 0.29) is 0 Å². The van der Waals surface area contributed by atoms with Gasteiger partial charge in [-0.1, -0.05) is 49.4 Å². The Morgan fingerprint density at radius 1 is 0.793 bits per heavy atom. The normalized spacial score (nSPS) is 10.5. The Balaban J connectivity index is 1.45. The summed E-state index contributed by atoms with van der Waals surface area (Å²) >= 11 is 0. The summed E-state index contributed by atoms with van der Waals surface area (Å²) < 4.78 is 5.86. The van der Waals surface area contributed by atoms with Crippen LogP contribution < -0.4 is 10.1 Å². The fourth-order valence-electron chi connectivity index (χ4n) is 3.06. The molecule has 1 aromatic heterocycles. The lowest BCUT2D eigenvalue weighted by atomic mass is 10.1. The molecule has 4 nitrogen and oxygen atoms in total. The van der Waals surface area contributed by atoms with Gasteiger partial charge in [-0.15, -0.1) is 0 Å². The van der Waals surface area contributed by atoms with Crippen LogP contribution in [0.4, 0.5) is 11.5 Å². The van der Waals surface area contributed by atoms with Crippen molar-refractivity contribution in [2.45, 2.75) is 20.0 Å². The summed E-state index contributed by atoms with van der Waals surface area (Å²) in [5, 5.41) is 3.36. The summed E-state index contributed by atoms with van der Waals surface area (Å²) in [4.78, 5) is 8.77. The molecule has 1 heterocycles. The first kappa shape index (κ1) is 18.7. The van der Waals surface area contributed by atoms with Gasteiger partial charge in [-0.3, -0.25) is 0 Å². The number of rotatable bonds is 7. The number of benzene rings is 3. The van der Waals surface area contributed by atoms with Crippen LogP contribution in [0, 0.1) is 0 Å². The van der Waals surface area contributed by atoms with E-state index in [2.05, 4.69) is 52.5 Å². The lowest BCUT2D eigenvalue weighted by Crippen LogP contribution is -1.97. The van der Waals surface area contributed by atoms with Gasteiger partial charge in [0.1, 0.15) is 24.5 Å². The number of anilines is 2. The second-order valence-corrected chi connectivity index (χ2v) is 6.77. The van der Waals surface area contributed by atoms with E-state index in [0.717, 1.165) is 40.5 Å². The quantitative estimate of drug-likeness (QED) is 0.425. The highest BCUT2D eigenvalue weighted by atomic mass is 16.5. The molecule has 1 N–H and O–H groups in total. The van der Waals surface area contributed by atoms with Crippen LogP contribution in [0.2, 0.25) is 0 Å². The molecule has 4 rings (SSSR count). The summed E-state index contributed by atoms with van der Waals surface area (Å²) in [6.07, 6.45) is 2.59. The van der Waals surface area contributed by atoms with Crippen molar-refractivity contribution < 1.29 is 4.74 Å². The molecule has 0 aliphatic rings. The Labute approximate surface area is 171 Å². The van der Waals surface area contributed by atoms with Crippen LogP contribution in [0.1, 0.15) is 18.1 Å². The molecular formula is C25H23N3O. The topological polar surface area (TPSA) is 47.0 Å². The first-order valence-electron chi connectivity index (χ1n) is 9.75. The maximum Gasteiger partial charge on any atom is 0.134 e. The molecule has 144 valence electrons. The number of hydrogen-bond acceptors (Lipinski definition) is 4. The molecule has 0 atom stereocenters. The summed E-state index contributed by atoms with van der Waals surface area (Å²) in [6, 6.07) is 28.4. The molecule has 4 heteroatoms. The Hall–Kier alpha value is -3.66. The molecule has 4 aromatic rings. The van der Waals surface area contributed by atoms with E-state index in [0.29, 0.717) is 6.61 Å². The van der Waals surface area contributed by atoms with Crippen LogP contribution in [0.15, 0.2) is 91.3 Å². The molecule has 0 radical (unpaired) electrons. The largest absolute Gasteiger partial charge is 0.489 e. The lowest BCUT2D eigenvalue weighted by Gasteiger charge is -2.09. The minimum Gasteiger partial charge on any atom is -0.489 e. The molecule has 0 saturated heterocycles. The standard InChI is InChI=1S/C25H23N3O/c1-2-19-9-6-10-22(15-19)28-25-16-24(26-18-27-25)21-11-13-23(14-12-21)29-17-20-7-4-3-5-8-20/h3-16,18H,2,17H2,1H3,(H,26,27,28). The number of nitrogens with zero attached hydrogens (tertiary/aromatic N) is 2. The second-order valence-electron chi connectivity index (χ2n) is 6.77. The maximum absolute atomic E-state index is 5.86. The first-order valence-corrected chi connectivity index (χ1v) is 9.75. The smallest absolute Gasteiger partial charge is 0.134 e. The van der Waals surface area contributed by atoms with Gasteiger partial charge in [-0.2, -0.15) is 0 Å². The highest BCUT2D eigenvalue weighted by Gasteiger charge is 2.04. The SMILES string of the molecule is CCc1cccc(Nc2cc(-c3ccc(OCc4ccccc4)cc3)ncn2)c1. The molecule has 0 amide bonds. The zero-order chi connectivity index (χ0) is 19.9. The van der Waals surface area contributed by atoms with Gasteiger partial charge < -0.3 is 10.1 Å². The van der Waals surface area contributed by atoms with Gasteiger partial charge in [0.2, 0.25) is 0 Å². The Kier molecular flexibility index (Phi) is 5.81. The molecule has 0 aliphatic carbocycles. The molecule has 0 unspecified atom stereocenters. The zero-order valence-electron chi connectivity index (χ0n) is 16.4. The van der Waals surface area contributed by atoms with Crippen molar-refractivity contribution >= 4 is 11.5 Å². The molecule has 0 fully saturated rings. The lowest BCUT2D eigenvalue weighted by molar-refractivity contribution is 0.306. The Bertz CT molecular complexity index is 1060. The van der Waals surface area contributed by atoms with E-state index in [1.54, 1.807) is 6.33 Å². The zero-order valence-corrected chi connectivity index (χ0v) is 16.4. The third-order valence-electron chi connectivity index (χ3n) is 4.67. The van der Waals surface area contributed by atoms with E-state index in [1.165, 1.54) is 5.56 Å². The summed E-state index contributed by atoms with van der Waals surface area (Å²) in [5.74, 6) is 1.61. The van der Waals surface area contributed by atoms with Gasteiger partial charge in [-0.05, 0) is 53.9 Å². The minimum absolute atomic E-state index is 0.554. The number of aromatic nitrogens is 2. The molecule has 29 heavy (non-hydrogen) atoms. The molecule has 0 saturated carbocycles. The van der Waals surface area contributed by atoms with Crippen molar-refractivity contribution in [2.75, 3.05) is 5.32 Å². The van der Waals surface area contributed by atoms with Gasteiger partial charge >= 0.3 is 0 Å². The maximum atomic E-state index is 5.86. The van der Waals surface area contributed by atoms with Gasteiger partial charge in [0.25, 0.3) is 0 Å². The Morgan fingerprint density at radius 3 is 2.38 bits per heavy atom. The molecule has 0 bridgehead atoms. The van der Waals surface area contributed by atoms with Crippen molar-refractivity contribution in [1.29, 1.82) is 0 Å². The summed E-state index contributed by atoms with van der Waals surface area (Å²) in [6.45, 7) is 2.70. The van der Waals surface area contributed by atoms with Crippen molar-refractivity contribution in [3.05, 3.63) is 102 Å². The van der Waals surface area contributed by atoms with E-state index in [4.69, 9.17) is 4.74 Å². The number of ether oxygens (including phenoxy) is 1. The van der Waals surface area contributed by atoms with E-state index < -0.39 is 0 Å². The summed E-state index contributed by atoms with van der Waals surface area (Å²) in [5.41, 5.74) is 5.35. The predicted molar refractivity (Wildman–Crippen MR) is 117 cm³/mol. The van der Waals surface area contributed by atoms with Crippen LogP contribution >= 0.6 is 0 Å².